The molecule has 4 heteroatoms. The fourth-order valence-corrected chi connectivity index (χ4v) is 2.42. The molecule has 0 aliphatic rings. The van der Waals surface area contributed by atoms with E-state index in [-0.39, 0.29) is 11.6 Å². The SMILES string of the molecule is CCCc1ccc(C(Cn2cnc(C)cc2=O)NC)cc1. The molecule has 0 fully saturated rings. The molecule has 0 aliphatic heterocycles. The van der Waals surface area contributed by atoms with Gasteiger partial charge in [0.15, 0.2) is 0 Å². The first-order valence-electron chi connectivity index (χ1n) is 7.43. The Morgan fingerprint density at radius 1 is 1.29 bits per heavy atom. The van der Waals surface area contributed by atoms with Gasteiger partial charge in [-0.05, 0) is 31.5 Å². The molecule has 1 aromatic heterocycles. The average molecular weight is 285 g/mol. The number of hydrogen-bond donors (Lipinski definition) is 1. The summed E-state index contributed by atoms with van der Waals surface area (Å²) in [5, 5.41) is 3.27. The highest BCUT2D eigenvalue weighted by molar-refractivity contribution is 5.25. The second-order valence-electron chi connectivity index (χ2n) is 5.35. The van der Waals surface area contributed by atoms with E-state index in [9.17, 15) is 4.79 Å². The van der Waals surface area contributed by atoms with Crippen LogP contribution in [0.5, 0.6) is 0 Å². The Bertz CT molecular complexity index is 631. The number of rotatable bonds is 6. The number of aromatic nitrogens is 2. The molecule has 0 saturated heterocycles. The van der Waals surface area contributed by atoms with Crippen LogP contribution in [-0.2, 0) is 13.0 Å². The van der Waals surface area contributed by atoms with E-state index in [1.165, 1.54) is 11.1 Å². The van der Waals surface area contributed by atoms with Crippen LogP contribution in [0.25, 0.3) is 0 Å². The quantitative estimate of drug-likeness (QED) is 0.887. The third-order valence-electron chi connectivity index (χ3n) is 3.66. The zero-order chi connectivity index (χ0) is 15.2. The number of benzene rings is 1. The topological polar surface area (TPSA) is 46.9 Å². The van der Waals surface area contributed by atoms with E-state index in [1.54, 1.807) is 17.0 Å². The Hall–Kier alpha value is -1.94. The zero-order valence-electron chi connectivity index (χ0n) is 13.0. The summed E-state index contributed by atoms with van der Waals surface area (Å²) in [6.07, 6.45) is 3.87. The van der Waals surface area contributed by atoms with Gasteiger partial charge in [0.25, 0.3) is 5.56 Å². The largest absolute Gasteiger partial charge is 0.312 e. The van der Waals surface area contributed by atoms with Crippen molar-refractivity contribution < 1.29 is 0 Å². The molecule has 112 valence electrons. The molecular weight excluding hydrogens is 262 g/mol. The van der Waals surface area contributed by atoms with Crippen LogP contribution in [0.4, 0.5) is 0 Å². The van der Waals surface area contributed by atoms with Gasteiger partial charge >= 0.3 is 0 Å². The molecule has 0 aliphatic carbocycles. The normalized spacial score (nSPS) is 12.3. The van der Waals surface area contributed by atoms with Crippen LogP contribution < -0.4 is 10.9 Å². The molecule has 0 saturated carbocycles. The minimum atomic E-state index is -0.00893. The number of aryl methyl sites for hydroxylation is 2. The predicted octanol–water partition coefficient (Wildman–Crippen LogP) is 2.46. The maximum atomic E-state index is 12.0. The Morgan fingerprint density at radius 2 is 2.00 bits per heavy atom. The summed E-state index contributed by atoms with van der Waals surface area (Å²) in [6.45, 7) is 4.59. The molecule has 1 aromatic carbocycles. The highest BCUT2D eigenvalue weighted by atomic mass is 16.1. The van der Waals surface area contributed by atoms with E-state index < -0.39 is 0 Å². The second-order valence-corrected chi connectivity index (χ2v) is 5.35. The highest BCUT2D eigenvalue weighted by Gasteiger charge is 2.11. The first-order chi connectivity index (χ1) is 10.1. The standard InChI is InChI=1S/C17H23N3O/c1-4-5-14-6-8-15(9-7-14)16(18-3)11-20-12-19-13(2)10-17(20)21/h6-10,12,16,18H,4-5,11H2,1-3H3. The smallest absolute Gasteiger partial charge is 0.253 e. The maximum absolute atomic E-state index is 12.0. The van der Waals surface area contributed by atoms with Crippen molar-refractivity contribution in [3.63, 3.8) is 0 Å². The lowest BCUT2D eigenvalue weighted by Gasteiger charge is -2.18. The van der Waals surface area contributed by atoms with Crippen molar-refractivity contribution in [3.8, 4) is 0 Å². The molecule has 1 atom stereocenters. The Balaban J connectivity index is 2.17. The number of likely N-dealkylation sites (N-methyl/N-ethyl adjacent to an activating group) is 1. The Morgan fingerprint density at radius 3 is 2.57 bits per heavy atom. The number of nitrogens with one attached hydrogen (secondary N) is 1. The van der Waals surface area contributed by atoms with E-state index in [0.717, 1.165) is 18.5 Å². The fraction of sp³-hybridized carbons (Fsp3) is 0.412. The molecule has 0 radical (unpaired) electrons. The lowest BCUT2D eigenvalue weighted by atomic mass is 10.0. The van der Waals surface area contributed by atoms with E-state index >= 15 is 0 Å². The summed E-state index contributed by atoms with van der Waals surface area (Å²) >= 11 is 0. The van der Waals surface area contributed by atoms with Crippen molar-refractivity contribution in [3.05, 3.63) is 63.8 Å². The van der Waals surface area contributed by atoms with Gasteiger partial charge in [0.2, 0.25) is 0 Å². The van der Waals surface area contributed by atoms with Gasteiger partial charge in [-0.15, -0.1) is 0 Å². The molecule has 1 N–H and O–H groups in total. The Kier molecular flexibility index (Phi) is 5.28. The maximum Gasteiger partial charge on any atom is 0.253 e. The van der Waals surface area contributed by atoms with E-state index in [1.807, 2.05) is 14.0 Å². The Labute approximate surface area is 125 Å². The van der Waals surface area contributed by atoms with Crippen molar-refractivity contribution in [1.82, 2.24) is 14.9 Å². The fourth-order valence-electron chi connectivity index (χ4n) is 2.42. The van der Waals surface area contributed by atoms with E-state index in [2.05, 4.69) is 41.5 Å². The van der Waals surface area contributed by atoms with Gasteiger partial charge in [0.1, 0.15) is 0 Å². The third-order valence-corrected chi connectivity index (χ3v) is 3.66. The van der Waals surface area contributed by atoms with E-state index in [0.29, 0.717) is 6.54 Å². The molecule has 4 nitrogen and oxygen atoms in total. The van der Waals surface area contributed by atoms with Crippen LogP contribution in [0.15, 0.2) is 41.5 Å². The third kappa shape index (κ3) is 4.02. The summed E-state index contributed by atoms with van der Waals surface area (Å²) in [6, 6.07) is 10.3. The lowest BCUT2D eigenvalue weighted by molar-refractivity contribution is 0.485. The van der Waals surface area contributed by atoms with Crippen molar-refractivity contribution in [2.24, 2.45) is 0 Å². The van der Waals surface area contributed by atoms with Gasteiger partial charge in [-0.3, -0.25) is 9.36 Å². The predicted molar refractivity (Wildman–Crippen MR) is 85.5 cm³/mol. The lowest BCUT2D eigenvalue weighted by Crippen LogP contribution is -2.28. The summed E-state index contributed by atoms with van der Waals surface area (Å²) < 4.78 is 1.65. The van der Waals surface area contributed by atoms with Gasteiger partial charge in [-0.2, -0.15) is 0 Å². The average Bonchev–Trinajstić information content (AvgIpc) is 2.48. The second kappa shape index (κ2) is 7.18. The molecule has 0 spiro atoms. The minimum absolute atomic E-state index is 0.00893. The molecule has 2 rings (SSSR count). The van der Waals surface area contributed by atoms with Crippen LogP contribution in [0.1, 0.15) is 36.2 Å². The summed E-state index contributed by atoms with van der Waals surface area (Å²) in [4.78, 5) is 16.2. The summed E-state index contributed by atoms with van der Waals surface area (Å²) in [7, 11) is 1.91. The van der Waals surface area contributed by atoms with E-state index in [4.69, 9.17) is 0 Å². The van der Waals surface area contributed by atoms with Crippen LogP contribution >= 0.6 is 0 Å². The van der Waals surface area contributed by atoms with Gasteiger partial charge < -0.3 is 5.32 Å². The number of hydrogen-bond acceptors (Lipinski definition) is 3. The molecule has 21 heavy (non-hydrogen) atoms. The van der Waals surface area contributed by atoms with Crippen molar-refractivity contribution in [1.29, 1.82) is 0 Å². The van der Waals surface area contributed by atoms with Gasteiger partial charge in [0.05, 0.1) is 12.4 Å². The van der Waals surface area contributed by atoms with Crippen LogP contribution in [-0.4, -0.2) is 16.6 Å². The van der Waals surface area contributed by atoms with Crippen molar-refractivity contribution >= 4 is 0 Å². The minimum Gasteiger partial charge on any atom is -0.312 e. The zero-order valence-corrected chi connectivity index (χ0v) is 13.0. The summed E-state index contributed by atoms with van der Waals surface area (Å²) in [5.41, 5.74) is 3.28. The first-order valence-corrected chi connectivity index (χ1v) is 7.43. The van der Waals surface area contributed by atoms with Gasteiger partial charge in [-0.1, -0.05) is 37.6 Å². The first kappa shape index (κ1) is 15.4. The molecule has 0 bridgehead atoms. The van der Waals surface area contributed by atoms with Crippen LogP contribution in [0, 0.1) is 6.92 Å². The number of nitrogens with zero attached hydrogens (tertiary/aromatic N) is 2. The molecule has 0 amide bonds. The van der Waals surface area contributed by atoms with Gasteiger partial charge in [-0.25, -0.2) is 4.98 Å². The highest BCUT2D eigenvalue weighted by Crippen LogP contribution is 2.16. The van der Waals surface area contributed by atoms with Crippen LogP contribution in [0.2, 0.25) is 0 Å². The molecule has 2 aromatic rings. The monoisotopic (exact) mass is 285 g/mol. The molecular formula is C17H23N3O. The summed E-state index contributed by atoms with van der Waals surface area (Å²) in [5.74, 6) is 0. The van der Waals surface area contributed by atoms with Crippen molar-refractivity contribution in [2.75, 3.05) is 7.05 Å². The van der Waals surface area contributed by atoms with Crippen LogP contribution in [0.3, 0.4) is 0 Å². The molecule has 1 unspecified atom stereocenters. The van der Waals surface area contributed by atoms with Crippen molar-refractivity contribution in [2.45, 2.75) is 39.3 Å². The van der Waals surface area contributed by atoms with Gasteiger partial charge in [0, 0.05) is 18.3 Å². The molecule has 1 heterocycles.